The largest absolute Gasteiger partial charge is 0.394 e. The summed E-state index contributed by atoms with van der Waals surface area (Å²) in [6.07, 6.45) is -2.56. The maximum Gasteiger partial charge on any atom is 0.109 e. The Morgan fingerprint density at radius 3 is 2.21 bits per heavy atom. The summed E-state index contributed by atoms with van der Waals surface area (Å²) < 4.78 is 5.53. The van der Waals surface area contributed by atoms with Gasteiger partial charge in [0.2, 0.25) is 0 Å². The van der Waals surface area contributed by atoms with E-state index in [-0.39, 0.29) is 24.5 Å². The molecule has 4 heteroatoms. The Labute approximate surface area is 84.5 Å². The van der Waals surface area contributed by atoms with Crippen LogP contribution in [-0.2, 0) is 4.74 Å². The first-order chi connectivity index (χ1) is 6.49. The number of hydrogen-bond donors (Lipinski definition) is 3. The molecule has 4 nitrogen and oxygen atoms in total. The van der Waals surface area contributed by atoms with Gasteiger partial charge in [0, 0.05) is 5.92 Å². The Kier molecular flexibility index (Phi) is 3.89. The number of aliphatic hydroxyl groups is 3. The van der Waals surface area contributed by atoms with Crippen LogP contribution in [0.4, 0.5) is 0 Å². The molecule has 1 rings (SSSR count). The van der Waals surface area contributed by atoms with Crippen molar-refractivity contribution in [3.63, 3.8) is 0 Å². The van der Waals surface area contributed by atoms with Crippen LogP contribution < -0.4 is 0 Å². The van der Waals surface area contributed by atoms with E-state index in [9.17, 15) is 10.2 Å². The molecule has 1 aliphatic rings. The Balaban J connectivity index is 2.73. The van der Waals surface area contributed by atoms with Gasteiger partial charge in [-0.05, 0) is 5.92 Å². The highest BCUT2D eigenvalue weighted by atomic mass is 16.5. The third kappa shape index (κ3) is 2.08. The summed E-state index contributed by atoms with van der Waals surface area (Å²) in [4.78, 5) is 0. The van der Waals surface area contributed by atoms with Crippen LogP contribution in [0.15, 0.2) is 0 Å². The zero-order valence-electron chi connectivity index (χ0n) is 8.92. The highest BCUT2D eigenvalue weighted by Crippen LogP contribution is 2.29. The second-order valence-electron chi connectivity index (χ2n) is 4.41. The van der Waals surface area contributed by atoms with Gasteiger partial charge >= 0.3 is 0 Å². The van der Waals surface area contributed by atoms with Gasteiger partial charge in [-0.15, -0.1) is 0 Å². The van der Waals surface area contributed by atoms with Crippen molar-refractivity contribution in [3.8, 4) is 0 Å². The quantitative estimate of drug-likeness (QED) is 0.580. The van der Waals surface area contributed by atoms with Crippen LogP contribution in [-0.4, -0.2) is 46.3 Å². The van der Waals surface area contributed by atoms with Gasteiger partial charge in [0.15, 0.2) is 0 Å². The van der Waals surface area contributed by atoms with Crippen molar-refractivity contribution in [1.82, 2.24) is 0 Å². The molecule has 0 aromatic carbocycles. The Morgan fingerprint density at radius 1 is 1.21 bits per heavy atom. The third-order valence-electron chi connectivity index (χ3n) is 2.96. The van der Waals surface area contributed by atoms with Gasteiger partial charge in [-0.2, -0.15) is 0 Å². The first kappa shape index (κ1) is 11.9. The second-order valence-corrected chi connectivity index (χ2v) is 4.41. The van der Waals surface area contributed by atoms with Gasteiger partial charge in [0.05, 0.1) is 18.8 Å². The minimum absolute atomic E-state index is 0.104. The molecule has 0 aliphatic carbocycles. The summed E-state index contributed by atoms with van der Waals surface area (Å²) in [6.45, 7) is 5.60. The molecule has 3 unspecified atom stereocenters. The summed E-state index contributed by atoms with van der Waals surface area (Å²) in [5, 5.41) is 28.3. The molecule has 14 heavy (non-hydrogen) atoms. The number of ether oxygens (including phenoxy) is 1. The molecule has 84 valence electrons. The fourth-order valence-electron chi connectivity index (χ4n) is 2.05. The predicted octanol–water partition coefficient (Wildman–Crippen LogP) is -0.240. The van der Waals surface area contributed by atoms with Gasteiger partial charge in [0.25, 0.3) is 0 Å². The molecule has 0 radical (unpaired) electrons. The standard InChI is InChI=1S/C10H20O4/c1-5(2)10-6(3)8(12)9(13)7(4-11)14-10/h5-13H,4H2,1-3H3/t6?,7?,8?,9-,10+/m1/s1. The summed E-state index contributed by atoms with van der Waals surface area (Å²) >= 11 is 0. The van der Waals surface area contributed by atoms with Gasteiger partial charge in [-0.25, -0.2) is 0 Å². The summed E-state index contributed by atoms with van der Waals surface area (Å²) in [5.41, 5.74) is 0. The average molecular weight is 204 g/mol. The molecular weight excluding hydrogens is 184 g/mol. The van der Waals surface area contributed by atoms with E-state index < -0.39 is 18.3 Å². The Morgan fingerprint density at radius 2 is 1.79 bits per heavy atom. The molecule has 1 fully saturated rings. The maximum absolute atomic E-state index is 9.73. The molecule has 0 amide bonds. The normalized spacial score (nSPS) is 44.4. The molecule has 0 aromatic rings. The minimum atomic E-state index is -0.981. The molecule has 0 saturated carbocycles. The molecule has 0 aromatic heterocycles. The molecule has 5 atom stereocenters. The van der Waals surface area contributed by atoms with E-state index in [4.69, 9.17) is 9.84 Å². The monoisotopic (exact) mass is 204 g/mol. The van der Waals surface area contributed by atoms with Crippen molar-refractivity contribution >= 4 is 0 Å². The van der Waals surface area contributed by atoms with Crippen molar-refractivity contribution in [2.24, 2.45) is 11.8 Å². The Bertz CT molecular complexity index is 181. The topological polar surface area (TPSA) is 69.9 Å². The van der Waals surface area contributed by atoms with Crippen LogP contribution in [0.1, 0.15) is 20.8 Å². The van der Waals surface area contributed by atoms with E-state index >= 15 is 0 Å². The lowest BCUT2D eigenvalue weighted by Crippen LogP contribution is -2.55. The van der Waals surface area contributed by atoms with Crippen LogP contribution in [0.25, 0.3) is 0 Å². The van der Waals surface area contributed by atoms with E-state index in [1.807, 2.05) is 20.8 Å². The van der Waals surface area contributed by atoms with Crippen molar-refractivity contribution in [2.45, 2.75) is 45.2 Å². The summed E-state index contributed by atoms with van der Waals surface area (Å²) in [6, 6.07) is 0. The van der Waals surface area contributed by atoms with Crippen LogP contribution >= 0.6 is 0 Å². The maximum atomic E-state index is 9.73. The minimum Gasteiger partial charge on any atom is -0.394 e. The van der Waals surface area contributed by atoms with Gasteiger partial charge in [0.1, 0.15) is 12.2 Å². The van der Waals surface area contributed by atoms with Crippen LogP contribution in [0.5, 0.6) is 0 Å². The van der Waals surface area contributed by atoms with Gasteiger partial charge in [-0.1, -0.05) is 20.8 Å². The molecule has 0 bridgehead atoms. The highest BCUT2D eigenvalue weighted by Gasteiger charge is 2.42. The Hall–Kier alpha value is -0.160. The summed E-state index contributed by atoms with van der Waals surface area (Å²) in [7, 11) is 0. The predicted molar refractivity (Wildman–Crippen MR) is 51.8 cm³/mol. The number of aliphatic hydroxyl groups excluding tert-OH is 3. The SMILES string of the molecule is CC(C)[C@@H]1OC(CO)[C@@H](O)C(O)C1C. The average Bonchev–Trinajstić information content (AvgIpc) is 2.14. The molecule has 3 N–H and O–H groups in total. The smallest absolute Gasteiger partial charge is 0.109 e. The fraction of sp³-hybridized carbons (Fsp3) is 1.00. The lowest BCUT2D eigenvalue weighted by Gasteiger charge is -2.42. The van der Waals surface area contributed by atoms with Crippen molar-refractivity contribution < 1.29 is 20.1 Å². The van der Waals surface area contributed by atoms with E-state index in [0.29, 0.717) is 0 Å². The van der Waals surface area contributed by atoms with Crippen LogP contribution in [0.3, 0.4) is 0 Å². The molecular formula is C10H20O4. The molecule has 1 aliphatic heterocycles. The van der Waals surface area contributed by atoms with Gasteiger partial charge in [-0.3, -0.25) is 0 Å². The number of hydrogen-bond acceptors (Lipinski definition) is 4. The second kappa shape index (κ2) is 4.57. The zero-order chi connectivity index (χ0) is 10.9. The molecule has 0 spiro atoms. The van der Waals surface area contributed by atoms with E-state index in [1.165, 1.54) is 0 Å². The van der Waals surface area contributed by atoms with Crippen LogP contribution in [0, 0.1) is 11.8 Å². The van der Waals surface area contributed by atoms with Crippen molar-refractivity contribution in [3.05, 3.63) is 0 Å². The molecule has 1 saturated heterocycles. The first-order valence-electron chi connectivity index (χ1n) is 5.11. The van der Waals surface area contributed by atoms with E-state index in [0.717, 1.165) is 0 Å². The van der Waals surface area contributed by atoms with Gasteiger partial charge < -0.3 is 20.1 Å². The lowest BCUT2D eigenvalue weighted by molar-refractivity contribution is -0.215. The van der Waals surface area contributed by atoms with E-state index in [2.05, 4.69) is 0 Å². The third-order valence-corrected chi connectivity index (χ3v) is 2.96. The van der Waals surface area contributed by atoms with Crippen molar-refractivity contribution in [2.75, 3.05) is 6.61 Å². The van der Waals surface area contributed by atoms with Crippen LogP contribution in [0.2, 0.25) is 0 Å². The first-order valence-corrected chi connectivity index (χ1v) is 5.11. The summed E-state index contributed by atoms with van der Waals surface area (Å²) in [5.74, 6) is 0.161. The zero-order valence-corrected chi connectivity index (χ0v) is 8.92. The highest BCUT2D eigenvalue weighted by molar-refractivity contribution is 4.90. The van der Waals surface area contributed by atoms with Crippen molar-refractivity contribution in [1.29, 1.82) is 0 Å². The molecule has 1 heterocycles. The number of rotatable bonds is 2. The van der Waals surface area contributed by atoms with E-state index in [1.54, 1.807) is 0 Å². The fourth-order valence-corrected chi connectivity index (χ4v) is 2.05. The lowest BCUT2D eigenvalue weighted by atomic mass is 9.83.